The van der Waals surface area contributed by atoms with E-state index in [1.54, 1.807) is 12.1 Å². The topological polar surface area (TPSA) is 34.1 Å². The maximum absolute atomic E-state index is 10.2. The molecule has 2 rings (SSSR count). The van der Waals surface area contributed by atoms with Crippen molar-refractivity contribution in [2.75, 3.05) is 0 Å². The highest BCUT2D eigenvalue weighted by Gasteiger charge is 2.10. The van der Waals surface area contributed by atoms with Crippen LogP contribution in [0.1, 0.15) is 42.5 Å². The van der Waals surface area contributed by atoms with Gasteiger partial charge >= 0.3 is 0 Å². The van der Waals surface area contributed by atoms with Crippen molar-refractivity contribution in [2.45, 2.75) is 32.1 Å². The first-order valence-corrected chi connectivity index (χ1v) is 5.82. The molecule has 1 aliphatic rings. The molecule has 16 heavy (non-hydrogen) atoms. The molecule has 86 valence electrons. The fourth-order valence-corrected chi connectivity index (χ4v) is 1.80. The summed E-state index contributed by atoms with van der Waals surface area (Å²) in [5.74, 6) is 0.406. The summed E-state index contributed by atoms with van der Waals surface area (Å²) in [5, 5.41) is 0. The first kappa shape index (κ1) is 12.6. The molecule has 0 atom stereocenters. The van der Waals surface area contributed by atoms with Gasteiger partial charge in [-0.15, -0.1) is 0 Å². The zero-order valence-electron chi connectivity index (χ0n) is 9.47. The molecule has 0 unspecified atom stereocenters. The van der Waals surface area contributed by atoms with E-state index in [2.05, 4.69) is 0 Å². The second kappa shape index (κ2) is 7.80. The Morgan fingerprint density at radius 2 is 1.56 bits per heavy atom. The fourth-order valence-electron chi connectivity index (χ4n) is 1.80. The molecule has 1 aromatic carbocycles. The smallest absolute Gasteiger partial charge is 0.150 e. The number of carbonyl (C=O) groups is 2. The minimum Gasteiger partial charge on any atom is -0.303 e. The summed E-state index contributed by atoms with van der Waals surface area (Å²) in [6.45, 7) is 0. The summed E-state index contributed by atoms with van der Waals surface area (Å²) in [4.78, 5) is 20.2. The highest BCUT2D eigenvalue weighted by Crippen LogP contribution is 2.21. The van der Waals surface area contributed by atoms with Gasteiger partial charge in [0.2, 0.25) is 0 Å². The highest BCUT2D eigenvalue weighted by atomic mass is 16.1. The lowest BCUT2D eigenvalue weighted by Gasteiger charge is -2.14. The average Bonchev–Trinajstić information content (AvgIpc) is 2.41. The van der Waals surface area contributed by atoms with Crippen LogP contribution in [0.15, 0.2) is 30.3 Å². The summed E-state index contributed by atoms with van der Waals surface area (Å²) in [7, 11) is 0. The van der Waals surface area contributed by atoms with E-state index in [0.717, 1.165) is 31.0 Å². The van der Waals surface area contributed by atoms with Gasteiger partial charge in [-0.05, 0) is 12.8 Å². The molecule has 0 bridgehead atoms. The Kier molecular flexibility index (Phi) is 6.16. The van der Waals surface area contributed by atoms with Crippen LogP contribution in [0, 0.1) is 5.92 Å². The van der Waals surface area contributed by atoms with Gasteiger partial charge in [-0.25, -0.2) is 0 Å². The summed E-state index contributed by atoms with van der Waals surface area (Å²) < 4.78 is 0. The number of hydrogen-bond donors (Lipinski definition) is 0. The zero-order valence-corrected chi connectivity index (χ0v) is 9.47. The number of hydrogen-bond acceptors (Lipinski definition) is 2. The Morgan fingerprint density at radius 1 is 0.938 bits per heavy atom. The molecule has 0 heterocycles. The van der Waals surface area contributed by atoms with Crippen molar-refractivity contribution >= 4 is 12.6 Å². The van der Waals surface area contributed by atoms with Crippen LogP contribution in [-0.4, -0.2) is 12.6 Å². The fraction of sp³-hybridized carbons (Fsp3) is 0.429. The number of benzene rings is 1. The summed E-state index contributed by atoms with van der Waals surface area (Å²) in [5.41, 5.74) is 0.729. The monoisotopic (exact) mass is 218 g/mol. The third kappa shape index (κ3) is 4.87. The highest BCUT2D eigenvalue weighted by molar-refractivity contribution is 5.74. The van der Waals surface area contributed by atoms with Crippen LogP contribution < -0.4 is 0 Å². The van der Waals surface area contributed by atoms with Crippen LogP contribution in [0.4, 0.5) is 0 Å². The minimum absolute atomic E-state index is 0.406. The quantitative estimate of drug-likeness (QED) is 0.714. The summed E-state index contributed by atoms with van der Waals surface area (Å²) in [6, 6.07) is 9.10. The first-order chi connectivity index (χ1) is 7.86. The van der Waals surface area contributed by atoms with Gasteiger partial charge in [0.25, 0.3) is 0 Å². The van der Waals surface area contributed by atoms with Crippen LogP contribution in [0.3, 0.4) is 0 Å². The first-order valence-electron chi connectivity index (χ1n) is 5.82. The van der Waals surface area contributed by atoms with Gasteiger partial charge in [0.1, 0.15) is 12.6 Å². The van der Waals surface area contributed by atoms with Gasteiger partial charge < -0.3 is 4.79 Å². The van der Waals surface area contributed by atoms with Gasteiger partial charge in [0, 0.05) is 11.5 Å². The average molecular weight is 218 g/mol. The molecule has 1 aliphatic carbocycles. The third-order valence-electron chi connectivity index (χ3n) is 2.78. The maximum Gasteiger partial charge on any atom is 0.150 e. The van der Waals surface area contributed by atoms with Crippen molar-refractivity contribution in [2.24, 2.45) is 5.92 Å². The normalized spacial score (nSPS) is 15.8. The molecule has 0 saturated heterocycles. The van der Waals surface area contributed by atoms with Gasteiger partial charge in [0.05, 0.1) is 0 Å². The zero-order chi connectivity index (χ0) is 11.6. The number of rotatable bonds is 2. The SMILES string of the molecule is O=CC1CCCCC1.O=Cc1ccccc1. The molecule has 0 aromatic heterocycles. The van der Waals surface area contributed by atoms with Crippen molar-refractivity contribution in [3.8, 4) is 0 Å². The van der Waals surface area contributed by atoms with Crippen LogP contribution in [0.5, 0.6) is 0 Å². The van der Waals surface area contributed by atoms with Crippen molar-refractivity contribution in [1.29, 1.82) is 0 Å². The van der Waals surface area contributed by atoms with Gasteiger partial charge in [-0.2, -0.15) is 0 Å². The summed E-state index contributed by atoms with van der Waals surface area (Å²) >= 11 is 0. The molecule has 0 aliphatic heterocycles. The molecular formula is C14H18O2. The molecule has 1 saturated carbocycles. The Bertz CT molecular complexity index is 300. The van der Waals surface area contributed by atoms with Crippen LogP contribution >= 0.6 is 0 Å². The van der Waals surface area contributed by atoms with E-state index in [1.165, 1.54) is 19.3 Å². The van der Waals surface area contributed by atoms with E-state index < -0.39 is 0 Å². The molecule has 0 amide bonds. The number of carbonyl (C=O) groups excluding carboxylic acids is 2. The van der Waals surface area contributed by atoms with Crippen LogP contribution in [0.2, 0.25) is 0 Å². The second-order valence-electron chi connectivity index (χ2n) is 4.06. The second-order valence-corrected chi connectivity index (χ2v) is 4.06. The third-order valence-corrected chi connectivity index (χ3v) is 2.78. The van der Waals surface area contributed by atoms with Gasteiger partial charge in [-0.1, -0.05) is 49.6 Å². The van der Waals surface area contributed by atoms with Crippen molar-refractivity contribution in [3.63, 3.8) is 0 Å². The predicted molar refractivity (Wildman–Crippen MR) is 64.5 cm³/mol. The Balaban J connectivity index is 0.000000160. The van der Waals surface area contributed by atoms with E-state index in [-0.39, 0.29) is 0 Å². The van der Waals surface area contributed by atoms with Gasteiger partial charge in [0.15, 0.2) is 0 Å². The summed E-state index contributed by atoms with van der Waals surface area (Å²) in [6.07, 6.45) is 8.10. The molecule has 2 heteroatoms. The predicted octanol–water partition coefficient (Wildman–Crippen LogP) is 3.26. The number of aldehydes is 2. The van der Waals surface area contributed by atoms with E-state index in [4.69, 9.17) is 0 Å². The van der Waals surface area contributed by atoms with Crippen molar-refractivity contribution in [1.82, 2.24) is 0 Å². The molecular weight excluding hydrogens is 200 g/mol. The largest absolute Gasteiger partial charge is 0.303 e. The minimum atomic E-state index is 0.406. The van der Waals surface area contributed by atoms with E-state index in [1.807, 2.05) is 18.2 Å². The van der Waals surface area contributed by atoms with Crippen molar-refractivity contribution < 1.29 is 9.59 Å². The van der Waals surface area contributed by atoms with Crippen molar-refractivity contribution in [3.05, 3.63) is 35.9 Å². The molecule has 1 aromatic rings. The molecule has 2 nitrogen and oxygen atoms in total. The molecule has 0 spiro atoms. The van der Waals surface area contributed by atoms with E-state index in [0.29, 0.717) is 5.92 Å². The van der Waals surface area contributed by atoms with Gasteiger partial charge in [-0.3, -0.25) is 4.79 Å². The lowest BCUT2D eigenvalue weighted by atomic mass is 9.91. The molecule has 0 N–H and O–H groups in total. The molecule has 1 fully saturated rings. The Hall–Kier alpha value is -1.44. The lowest BCUT2D eigenvalue weighted by Crippen LogP contribution is -2.06. The Morgan fingerprint density at radius 3 is 1.94 bits per heavy atom. The van der Waals surface area contributed by atoms with Crippen LogP contribution in [0.25, 0.3) is 0 Å². The standard InChI is InChI=1S/C7H12O.C7H6O/c2*8-6-7-4-2-1-3-5-7/h6-7H,1-5H2;1-6H. The van der Waals surface area contributed by atoms with Crippen LogP contribution in [-0.2, 0) is 4.79 Å². The van der Waals surface area contributed by atoms with E-state index in [9.17, 15) is 9.59 Å². The molecule has 0 radical (unpaired) electrons. The Labute approximate surface area is 96.7 Å². The van der Waals surface area contributed by atoms with E-state index >= 15 is 0 Å². The lowest BCUT2D eigenvalue weighted by molar-refractivity contribution is -0.111. The maximum atomic E-state index is 10.2.